The van der Waals surface area contributed by atoms with Crippen LogP contribution in [0.4, 0.5) is 0 Å². The molecule has 4 nitrogen and oxygen atoms in total. The highest BCUT2D eigenvalue weighted by atomic mass is 16.5. The van der Waals surface area contributed by atoms with Gasteiger partial charge in [0.15, 0.2) is 0 Å². The number of hydrogen-bond acceptors (Lipinski definition) is 4. The summed E-state index contributed by atoms with van der Waals surface area (Å²) in [4.78, 5) is 0. The Kier molecular flexibility index (Phi) is 5.85. The Morgan fingerprint density at radius 3 is 2.56 bits per heavy atom. The van der Waals surface area contributed by atoms with Crippen LogP contribution >= 0.6 is 0 Å². The Balaban J connectivity index is 2.31. The van der Waals surface area contributed by atoms with E-state index < -0.39 is 6.10 Å². The van der Waals surface area contributed by atoms with Gasteiger partial charge < -0.3 is 20.3 Å². The maximum Gasteiger partial charge on any atom is 0.119 e. The summed E-state index contributed by atoms with van der Waals surface area (Å²) >= 11 is 0. The smallest absolute Gasteiger partial charge is 0.119 e. The molecule has 0 amide bonds. The Morgan fingerprint density at radius 2 is 2.00 bits per heavy atom. The van der Waals surface area contributed by atoms with Crippen molar-refractivity contribution in [1.82, 2.24) is 0 Å². The highest BCUT2D eigenvalue weighted by Crippen LogP contribution is 2.12. The summed E-state index contributed by atoms with van der Waals surface area (Å²) in [5, 5.41) is 9.18. The predicted octanol–water partition coefficient (Wildman–Crippen LogP) is 0.921. The zero-order valence-corrected chi connectivity index (χ0v) is 9.56. The van der Waals surface area contributed by atoms with E-state index in [0.717, 1.165) is 11.3 Å². The first-order chi connectivity index (χ1) is 7.76. The summed E-state index contributed by atoms with van der Waals surface area (Å²) in [5.41, 5.74) is 6.31. The van der Waals surface area contributed by atoms with Gasteiger partial charge in [0, 0.05) is 6.54 Å². The minimum atomic E-state index is -0.581. The number of aliphatic hydroxyl groups is 1. The van der Waals surface area contributed by atoms with Gasteiger partial charge in [-0.2, -0.15) is 0 Å². The molecule has 0 saturated heterocycles. The largest absolute Gasteiger partial charge is 0.494 e. The summed E-state index contributed by atoms with van der Waals surface area (Å²) in [6.07, 6.45) is -0.581. The fourth-order valence-corrected chi connectivity index (χ4v) is 1.23. The van der Waals surface area contributed by atoms with E-state index in [-0.39, 0.29) is 13.2 Å². The summed E-state index contributed by atoms with van der Waals surface area (Å²) in [7, 11) is 0. The molecule has 1 aromatic carbocycles. The van der Waals surface area contributed by atoms with E-state index in [1.165, 1.54) is 0 Å². The lowest BCUT2D eigenvalue weighted by Gasteiger charge is -2.09. The van der Waals surface area contributed by atoms with E-state index in [9.17, 15) is 5.11 Å². The maximum absolute atomic E-state index is 9.18. The number of aliphatic hydroxyl groups excluding tert-OH is 1. The van der Waals surface area contributed by atoms with Crippen molar-refractivity contribution in [1.29, 1.82) is 0 Å². The van der Waals surface area contributed by atoms with Crippen LogP contribution in [0.15, 0.2) is 24.3 Å². The van der Waals surface area contributed by atoms with Gasteiger partial charge in [0.2, 0.25) is 0 Å². The molecule has 0 spiro atoms. The van der Waals surface area contributed by atoms with Crippen LogP contribution in [-0.2, 0) is 11.3 Å². The number of benzene rings is 1. The van der Waals surface area contributed by atoms with Crippen LogP contribution < -0.4 is 10.5 Å². The summed E-state index contributed by atoms with van der Waals surface area (Å²) in [6.45, 7) is 3.58. The topological polar surface area (TPSA) is 64.7 Å². The molecule has 0 aliphatic carbocycles. The van der Waals surface area contributed by atoms with Crippen molar-refractivity contribution in [3.8, 4) is 5.75 Å². The molecule has 4 heteroatoms. The third-order valence-electron chi connectivity index (χ3n) is 2.09. The van der Waals surface area contributed by atoms with Crippen LogP contribution in [0.1, 0.15) is 12.5 Å². The van der Waals surface area contributed by atoms with E-state index in [1.807, 2.05) is 31.2 Å². The van der Waals surface area contributed by atoms with E-state index in [2.05, 4.69) is 0 Å². The quantitative estimate of drug-likeness (QED) is 0.724. The van der Waals surface area contributed by atoms with E-state index >= 15 is 0 Å². The molecule has 0 saturated carbocycles. The van der Waals surface area contributed by atoms with Crippen molar-refractivity contribution >= 4 is 0 Å². The van der Waals surface area contributed by atoms with Crippen LogP contribution in [-0.4, -0.2) is 31.0 Å². The van der Waals surface area contributed by atoms with Gasteiger partial charge in [-0.05, 0) is 24.6 Å². The molecule has 0 aliphatic rings. The van der Waals surface area contributed by atoms with Gasteiger partial charge in [-0.15, -0.1) is 0 Å². The Morgan fingerprint density at radius 1 is 1.31 bits per heavy atom. The molecular formula is C12H19NO3. The van der Waals surface area contributed by atoms with Crippen LogP contribution in [0.25, 0.3) is 0 Å². The van der Waals surface area contributed by atoms with Crippen molar-refractivity contribution in [3.05, 3.63) is 29.8 Å². The van der Waals surface area contributed by atoms with E-state index in [1.54, 1.807) is 0 Å². The maximum atomic E-state index is 9.18. The first-order valence-electron chi connectivity index (χ1n) is 5.44. The molecule has 16 heavy (non-hydrogen) atoms. The molecular weight excluding hydrogens is 206 g/mol. The highest BCUT2D eigenvalue weighted by molar-refractivity contribution is 5.26. The minimum Gasteiger partial charge on any atom is -0.494 e. The van der Waals surface area contributed by atoms with Crippen LogP contribution in [0.5, 0.6) is 5.75 Å². The average Bonchev–Trinajstić information content (AvgIpc) is 2.31. The van der Waals surface area contributed by atoms with Crippen LogP contribution in [0.3, 0.4) is 0 Å². The molecule has 0 aliphatic heterocycles. The van der Waals surface area contributed by atoms with Gasteiger partial charge in [-0.3, -0.25) is 0 Å². The molecule has 0 heterocycles. The second kappa shape index (κ2) is 7.22. The van der Waals surface area contributed by atoms with E-state index in [4.69, 9.17) is 15.2 Å². The zero-order chi connectivity index (χ0) is 11.8. The van der Waals surface area contributed by atoms with Gasteiger partial charge in [0.05, 0.1) is 25.9 Å². The molecule has 1 rings (SSSR count). The van der Waals surface area contributed by atoms with Crippen molar-refractivity contribution in [2.45, 2.75) is 19.6 Å². The Hall–Kier alpha value is -1.10. The second-order valence-corrected chi connectivity index (χ2v) is 3.48. The standard InChI is InChI=1S/C12H19NO3/c1-2-16-12-5-3-10(4-6-12)8-15-9-11(14)7-13/h3-6,11,14H,2,7-9,13H2,1H3. The molecule has 3 N–H and O–H groups in total. The number of rotatable bonds is 7. The van der Waals surface area contributed by atoms with Gasteiger partial charge in [-0.25, -0.2) is 0 Å². The monoisotopic (exact) mass is 225 g/mol. The fourth-order valence-electron chi connectivity index (χ4n) is 1.23. The number of nitrogens with two attached hydrogens (primary N) is 1. The fraction of sp³-hybridized carbons (Fsp3) is 0.500. The second-order valence-electron chi connectivity index (χ2n) is 3.48. The van der Waals surface area contributed by atoms with Crippen molar-refractivity contribution in [3.63, 3.8) is 0 Å². The number of ether oxygens (including phenoxy) is 2. The van der Waals surface area contributed by atoms with Gasteiger partial charge in [-0.1, -0.05) is 12.1 Å². The third kappa shape index (κ3) is 4.61. The lowest BCUT2D eigenvalue weighted by Crippen LogP contribution is -2.24. The highest BCUT2D eigenvalue weighted by Gasteiger charge is 2.01. The van der Waals surface area contributed by atoms with Crippen molar-refractivity contribution < 1.29 is 14.6 Å². The summed E-state index contributed by atoms with van der Waals surface area (Å²) in [6, 6.07) is 7.70. The molecule has 1 aromatic rings. The lowest BCUT2D eigenvalue weighted by atomic mass is 10.2. The number of hydrogen-bond donors (Lipinski definition) is 2. The summed E-state index contributed by atoms with van der Waals surface area (Å²) in [5.74, 6) is 0.855. The Bertz CT molecular complexity index is 287. The molecule has 0 aromatic heterocycles. The predicted molar refractivity (Wildman–Crippen MR) is 62.3 cm³/mol. The summed E-state index contributed by atoms with van der Waals surface area (Å²) < 4.78 is 10.6. The third-order valence-corrected chi connectivity index (χ3v) is 2.09. The molecule has 1 unspecified atom stereocenters. The molecule has 0 radical (unpaired) electrons. The molecule has 1 atom stereocenters. The SMILES string of the molecule is CCOc1ccc(COCC(O)CN)cc1. The zero-order valence-electron chi connectivity index (χ0n) is 9.56. The lowest BCUT2D eigenvalue weighted by molar-refractivity contribution is 0.0329. The van der Waals surface area contributed by atoms with Crippen molar-refractivity contribution in [2.24, 2.45) is 5.73 Å². The first kappa shape index (κ1) is 13.0. The molecule has 0 fully saturated rings. The molecule has 90 valence electrons. The van der Waals surface area contributed by atoms with Crippen LogP contribution in [0.2, 0.25) is 0 Å². The average molecular weight is 225 g/mol. The van der Waals surface area contributed by atoms with Gasteiger partial charge >= 0.3 is 0 Å². The van der Waals surface area contributed by atoms with Gasteiger partial charge in [0.25, 0.3) is 0 Å². The van der Waals surface area contributed by atoms with Crippen molar-refractivity contribution in [2.75, 3.05) is 19.8 Å². The first-order valence-corrected chi connectivity index (χ1v) is 5.44. The minimum absolute atomic E-state index is 0.225. The van der Waals surface area contributed by atoms with E-state index in [0.29, 0.717) is 13.2 Å². The molecule has 0 bridgehead atoms. The van der Waals surface area contributed by atoms with Crippen LogP contribution in [0, 0.1) is 0 Å². The normalized spacial score (nSPS) is 12.4. The van der Waals surface area contributed by atoms with Gasteiger partial charge in [0.1, 0.15) is 5.75 Å². The Labute approximate surface area is 96.0 Å².